The molecule has 0 aliphatic carbocycles. The largest absolute Gasteiger partial charge is 0.384 e. The highest BCUT2D eigenvalue weighted by atomic mass is 79.9. The van der Waals surface area contributed by atoms with Crippen LogP contribution in [0, 0.1) is 18.8 Å². The molecule has 0 radical (unpaired) electrons. The second-order valence-corrected chi connectivity index (χ2v) is 6.46. The Labute approximate surface area is 156 Å². The van der Waals surface area contributed by atoms with Crippen LogP contribution in [0.2, 0.25) is 0 Å². The quantitative estimate of drug-likeness (QED) is 0.629. The highest BCUT2D eigenvalue weighted by Crippen LogP contribution is 2.34. The second-order valence-electron chi connectivity index (χ2n) is 5.55. The average Bonchev–Trinajstić information content (AvgIpc) is 3.16. The standard InChI is InChI=1S/C18H11BrN4O3/c1-9-7-14(23-26-9)21-17-11-5-4-10(19)8-12(11)15-16(22-17)13(3-2-6-24)20-18(15)25/h4-5,7-8,24H,6H2,1H3,(H,21,22,23). The maximum atomic E-state index is 12.4. The maximum absolute atomic E-state index is 12.4. The van der Waals surface area contributed by atoms with Crippen molar-refractivity contribution in [1.82, 2.24) is 10.1 Å². The third-order valence-electron chi connectivity index (χ3n) is 3.78. The van der Waals surface area contributed by atoms with Crippen molar-refractivity contribution >= 4 is 50.0 Å². The lowest BCUT2D eigenvalue weighted by Crippen LogP contribution is -2.05. The predicted molar refractivity (Wildman–Crippen MR) is 99.7 cm³/mol. The van der Waals surface area contributed by atoms with Crippen LogP contribution in [0.4, 0.5) is 11.6 Å². The molecule has 0 atom stereocenters. The Morgan fingerprint density at radius 3 is 2.88 bits per heavy atom. The fourth-order valence-electron chi connectivity index (χ4n) is 2.74. The molecule has 0 saturated carbocycles. The lowest BCUT2D eigenvalue weighted by molar-refractivity contribution is 0.101. The van der Waals surface area contributed by atoms with Gasteiger partial charge in [0.1, 0.15) is 29.6 Å². The first-order valence-electron chi connectivity index (χ1n) is 7.63. The number of fused-ring (bicyclic) bond motifs is 3. The van der Waals surface area contributed by atoms with Gasteiger partial charge in [0.05, 0.1) is 5.56 Å². The van der Waals surface area contributed by atoms with E-state index in [1.165, 1.54) is 0 Å². The Balaban J connectivity index is 1.95. The van der Waals surface area contributed by atoms with Gasteiger partial charge in [-0.1, -0.05) is 27.0 Å². The van der Waals surface area contributed by atoms with E-state index < -0.39 is 5.91 Å². The van der Waals surface area contributed by atoms with Crippen LogP contribution in [0.1, 0.15) is 21.8 Å². The molecule has 3 heterocycles. The lowest BCUT2D eigenvalue weighted by Gasteiger charge is -2.10. The number of aliphatic imine (C=N–C) groups is 1. The molecule has 7 nitrogen and oxygen atoms in total. The van der Waals surface area contributed by atoms with E-state index in [9.17, 15) is 4.79 Å². The van der Waals surface area contributed by atoms with Crippen LogP contribution >= 0.6 is 15.9 Å². The van der Waals surface area contributed by atoms with Crippen LogP contribution in [0.25, 0.3) is 10.8 Å². The molecule has 1 aliphatic rings. The van der Waals surface area contributed by atoms with Crippen molar-refractivity contribution in [2.75, 3.05) is 11.9 Å². The molecule has 1 aromatic carbocycles. The molecule has 2 N–H and O–H groups in total. The van der Waals surface area contributed by atoms with Gasteiger partial charge in [-0.25, -0.2) is 4.98 Å². The zero-order chi connectivity index (χ0) is 18.3. The number of hydrogen-bond donors (Lipinski definition) is 2. The smallest absolute Gasteiger partial charge is 0.281 e. The summed E-state index contributed by atoms with van der Waals surface area (Å²) in [6, 6.07) is 7.30. The molecule has 1 aliphatic heterocycles. The van der Waals surface area contributed by atoms with E-state index in [0.717, 1.165) is 9.86 Å². The van der Waals surface area contributed by atoms with Crippen LogP contribution in [0.5, 0.6) is 0 Å². The summed E-state index contributed by atoms with van der Waals surface area (Å²) >= 11 is 3.43. The van der Waals surface area contributed by atoms with E-state index in [1.807, 2.05) is 18.2 Å². The zero-order valence-corrected chi connectivity index (χ0v) is 15.1. The van der Waals surface area contributed by atoms with E-state index in [1.54, 1.807) is 13.0 Å². The van der Waals surface area contributed by atoms with Gasteiger partial charge in [-0.05, 0) is 31.0 Å². The van der Waals surface area contributed by atoms with Gasteiger partial charge >= 0.3 is 0 Å². The van der Waals surface area contributed by atoms with Gasteiger partial charge in [0.15, 0.2) is 5.82 Å². The Morgan fingerprint density at radius 1 is 1.31 bits per heavy atom. The molecule has 1 amide bonds. The van der Waals surface area contributed by atoms with Crippen LogP contribution in [-0.2, 0) is 0 Å². The van der Waals surface area contributed by atoms with E-state index >= 15 is 0 Å². The van der Waals surface area contributed by atoms with Crippen molar-refractivity contribution in [3.05, 3.63) is 45.8 Å². The summed E-state index contributed by atoms with van der Waals surface area (Å²) in [5.41, 5.74) is 1.01. The fraction of sp³-hybridized carbons (Fsp3) is 0.111. The summed E-state index contributed by atoms with van der Waals surface area (Å²) in [4.78, 5) is 21.0. The molecule has 0 bridgehead atoms. The van der Waals surface area contributed by atoms with Crippen LogP contribution in [-0.4, -0.2) is 33.5 Å². The summed E-state index contributed by atoms with van der Waals surface area (Å²) in [5, 5.41) is 17.4. The number of halogens is 1. The molecule has 2 aromatic heterocycles. The number of aliphatic hydroxyl groups excluding tert-OH is 1. The number of nitrogens with one attached hydrogen (secondary N) is 1. The summed E-state index contributed by atoms with van der Waals surface area (Å²) < 4.78 is 5.90. The lowest BCUT2D eigenvalue weighted by atomic mass is 10.0. The number of pyridine rings is 1. The molecule has 4 rings (SSSR count). The molecular weight excluding hydrogens is 400 g/mol. The first-order chi connectivity index (χ1) is 12.6. The maximum Gasteiger partial charge on any atom is 0.281 e. The number of benzene rings is 1. The number of amides is 1. The first-order valence-corrected chi connectivity index (χ1v) is 8.43. The molecular formula is C18H11BrN4O3. The number of aryl methyl sites for hydroxylation is 1. The highest BCUT2D eigenvalue weighted by Gasteiger charge is 2.28. The second kappa shape index (κ2) is 6.37. The van der Waals surface area contributed by atoms with Gasteiger partial charge < -0.3 is 14.9 Å². The molecule has 0 fully saturated rings. The molecule has 128 valence electrons. The number of anilines is 2. The van der Waals surface area contributed by atoms with Crippen LogP contribution in [0.3, 0.4) is 0 Å². The Bertz CT molecular complexity index is 1150. The van der Waals surface area contributed by atoms with Crippen LogP contribution < -0.4 is 5.32 Å². The Morgan fingerprint density at radius 2 is 2.15 bits per heavy atom. The summed E-state index contributed by atoms with van der Waals surface area (Å²) in [5.74, 6) is 6.46. The molecule has 8 heteroatoms. The topological polar surface area (TPSA) is 101 Å². The Hall–Kier alpha value is -3.02. The summed E-state index contributed by atoms with van der Waals surface area (Å²) in [7, 11) is 0. The van der Waals surface area contributed by atoms with Gasteiger partial charge in [-0.15, -0.1) is 0 Å². The van der Waals surface area contributed by atoms with Gasteiger partial charge in [-0.2, -0.15) is 4.99 Å². The van der Waals surface area contributed by atoms with Crippen molar-refractivity contribution in [2.45, 2.75) is 6.92 Å². The molecule has 3 aromatic rings. The normalized spacial score (nSPS) is 12.6. The van der Waals surface area contributed by atoms with Gasteiger partial charge in [0, 0.05) is 21.3 Å². The third-order valence-corrected chi connectivity index (χ3v) is 4.27. The minimum absolute atomic E-state index is 0.236. The Kier molecular flexibility index (Phi) is 4.03. The molecule has 26 heavy (non-hydrogen) atoms. The molecule has 0 saturated heterocycles. The van der Waals surface area contributed by atoms with Gasteiger partial charge in [0.25, 0.3) is 5.91 Å². The number of hydrogen-bond acceptors (Lipinski definition) is 6. The average molecular weight is 411 g/mol. The van der Waals surface area contributed by atoms with Crippen molar-refractivity contribution in [3.63, 3.8) is 0 Å². The van der Waals surface area contributed by atoms with E-state index in [2.05, 4.69) is 48.2 Å². The van der Waals surface area contributed by atoms with Crippen LogP contribution in [0.15, 0.2) is 38.3 Å². The number of carbonyl (C=O) groups is 1. The highest BCUT2D eigenvalue weighted by molar-refractivity contribution is 9.10. The van der Waals surface area contributed by atoms with E-state index in [-0.39, 0.29) is 12.3 Å². The summed E-state index contributed by atoms with van der Waals surface area (Å²) in [6.07, 6.45) is 0. The number of aromatic nitrogens is 2. The van der Waals surface area contributed by atoms with E-state index in [4.69, 9.17) is 9.63 Å². The van der Waals surface area contributed by atoms with Crippen molar-refractivity contribution in [3.8, 4) is 11.8 Å². The SMILES string of the molecule is Cc1cc(Nc2nc3c(c4cc(Br)ccc24)C(=O)N=C3C#CCO)no1. The number of nitrogens with zero attached hydrogens (tertiary/aromatic N) is 3. The minimum atomic E-state index is -0.401. The van der Waals surface area contributed by atoms with E-state index in [0.29, 0.717) is 34.0 Å². The van der Waals surface area contributed by atoms with Crippen molar-refractivity contribution in [2.24, 2.45) is 4.99 Å². The minimum Gasteiger partial charge on any atom is -0.384 e. The fourth-order valence-corrected chi connectivity index (χ4v) is 3.10. The van der Waals surface area contributed by atoms with Crippen molar-refractivity contribution in [1.29, 1.82) is 0 Å². The molecule has 0 spiro atoms. The number of rotatable bonds is 2. The zero-order valence-electron chi connectivity index (χ0n) is 13.5. The summed E-state index contributed by atoms with van der Waals surface area (Å²) in [6.45, 7) is 1.46. The molecule has 0 unspecified atom stereocenters. The predicted octanol–water partition coefficient (Wildman–Crippen LogP) is 2.98. The monoisotopic (exact) mass is 410 g/mol. The van der Waals surface area contributed by atoms with Crippen molar-refractivity contribution < 1.29 is 14.4 Å². The number of carbonyl (C=O) groups excluding carboxylic acids is 1. The first kappa shape index (κ1) is 16.4. The number of aliphatic hydroxyl groups is 1. The third kappa shape index (κ3) is 2.77. The van der Waals surface area contributed by atoms with Gasteiger partial charge in [-0.3, -0.25) is 4.79 Å². The van der Waals surface area contributed by atoms with Gasteiger partial charge in [0.2, 0.25) is 0 Å².